The van der Waals surface area contributed by atoms with Gasteiger partial charge in [-0.05, 0) is 18.2 Å². The van der Waals surface area contributed by atoms with E-state index in [2.05, 4.69) is 4.98 Å². The number of fused-ring (bicyclic) bond motifs is 1. The summed E-state index contributed by atoms with van der Waals surface area (Å²) >= 11 is 0. The van der Waals surface area contributed by atoms with Crippen molar-refractivity contribution in [3.05, 3.63) is 36.0 Å². The molecule has 0 fully saturated rings. The van der Waals surface area contributed by atoms with E-state index in [-0.39, 0.29) is 16.6 Å². The fourth-order valence-electron chi connectivity index (χ4n) is 1.22. The van der Waals surface area contributed by atoms with Crippen molar-refractivity contribution in [3.8, 4) is 0 Å². The lowest BCUT2D eigenvalue weighted by Crippen LogP contribution is -1.93. The summed E-state index contributed by atoms with van der Waals surface area (Å²) in [5, 5.41) is 0.0440. The normalized spacial score (nSPS) is 10.6. The van der Waals surface area contributed by atoms with Gasteiger partial charge in [-0.3, -0.25) is 4.98 Å². The maximum absolute atomic E-state index is 13.1. The largest absolute Gasteiger partial charge is 0.398 e. The number of anilines is 1. The van der Waals surface area contributed by atoms with Crippen molar-refractivity contribution >= 4 is 16.6 Å². The average molecular weight is 180 g/mol. The van der Waals surface area contributed by atoms with Crippen LogP contribution in [0.5, 0.6) is 0 Å². The predicted molar refractivity (Wildman–Crippen MR) is 46.1 cm³/mol. The van der Waals surface area contributed by atoms with Crippen molar-refractivity contribution < 1.29 is 8.78 Å². The molecule has 0 bridgehead atoms. The molecule has 1 heterocycles. The van der Waals surface area contributed by atoms with E-state index in [4.69, 9.17) is 5.73 Å². The molecule has 0 aliphatic heterocycles. The van der Waals surface area contributed by atoms with E-state index in [1.165, 1.54) is 12.3 Å². The Bertz CT molecular complexity index is 460. The molecule has 4 heteroatoms. The van der Waals surface area contributed by atoms with Gasteiger partial charge in [0.15, 0.2) is 0 Å². The van der Waals surface area contributed by atoms with Gasteiger partial charge in [-0.2, -0.15) is 0 Å². The summed E-state index contributed by atoms with van der Waals surface area (Å²) in [6.45, 7) is 0. The minimum Gasteiger partial charge on any atom is -0.398 e. The number of nitrogen functional groups attached to an aromatic ring is 1. The fourth-order valence-corrected chi connectivity index (χ4v) is 1.22. The molecule has 2 rings (SSSR count). The monoisotopic (exact) mass is 180 g/mol. The average Bonchev–Trinajstić information content (AvgIpc) is 2.12. The summed E-state index contributed by atoms with van der Waals surface area (Å²) in [6, 6.07) is 3.50. The zero-order valence-electron chi connectivity index (χ0n) is 6.59. The van der Waals surface area contributed by atoms with Crippen LogP contribution < -0.4 is 5.73 Å². The molecule has 2 nitrogen and oxygen atoms in total. The lowest BCUT2D eigenvalue weighted by molar-refractivity contribution is 0.615. The third-order valence-corrected chi connectivity index (χ3v) is 1.82. The molecule has 0 saturated heterocycles. The van der Waals surface area contributed by atoms with Crippen LogP contribution in [0, 0.1) is 11.6 Å². The Hall–Kier alpha value is -1.71. The summed E-state index contributed by atoms with van der Waals surface area (Å²) in [5.74, 6) is -1.12. The Kier molecular flexibility index (Phi) is 1.62. The molecule has 0 spiro atoms. The number of pyridine rings is 1. The van der Waals surface area contributed by atoms with Gasteiger partial charge >= 0.3 is 0 Å². The first-order chi connectivity index (χ1) is 6.20. The van der Waals surface area contributed by atoms with Crippen molar-refractivity contribution in [2.75, 3.05) is 5.73 Å². The van der Waals surface area contributed by atoms with Crippen LogP contribution in [0.4, 0.5) is 14.5 Å². The molecule has 0 aliphatic carbocycles. The van der Waals surface area contributed by atoms with Crippen molar-refractivity contribution in [1.82, 2.24) is 4.98 Å². The number of nitrogens with zero attached hydrogens (tertiary/aromatic N) is 1. The topological polar surface area (TPSA) is 38.9 Å². The van der Waals surface area contributed by atoms with Gasteiger partial charge in [-0.25, -0.2) is 8.78 Å². The quantitative estimate of drug-likeness (QED) is 0.674. The minimum atomic E-state index is -0.566. The lowest BCUT2D eigenvalue weighted by Gasteiger charge is -2.02. The van der Waals surface area contributed by atoms with Crippen molar-refractivity contribution in [3.63, 3.8) is 0 Å². The SMILES string of the molecule is Nc1ccnc2c(F)ccc(F)c12. The van der Waals surface area contributed by atoms with Gasteiger partial charge in [0.2, 0.25) is 0 Å². The van der Waals surface area contributed by atoms with E-state index in [9.17, 15) is 8.78 Å². The number of hydrogen-bond acceptors (Lipinski definition) is 2. The van der Waals surface area contributed by atoms with Crippen LogP contribution >= 0.6 is 0 Å². The molecule has 0 amide bonds. The molecule has 13 heavy (non-hydrogen) atoms. The van der Waals surface area contributed by atoms with Crippen molar-refractivity contribution in [2.45, 2.75) is 0 Å². The van der Waals surface area contributed by atoms with Crippen LogP contribution in [0.1, 0.15) is 0 Å². The zero-order chi connectivity index (χ0) is 9.42. The number of rotatable bonds is 0. The highest BCUT2D eigenvalue weighted by Crippen LogP contribution is 2.23. The van der Waals surface area contributed by atoms with E-state index in [1.54, 1.807) is 0 Å². The molecule has 0 radical (unpaired) electrons. The van der Waals surface area contributed by atoms with E-state index < -0.39 is 11.6 Å². The van der Waals surface area contributed by atoms with Crippen LogP contribution in [-0.4, -0.2) is 4.98 Å². The molecule has 2 N–H and O–H groups in total. The van der Waals surface area contributed by atoms with E-state index >= 15 is 0 Å². The molecule has 1 aromatic heterocycles. The Balaban J connectivity index is 3.00. The molecule has 0 atom stereocenters. The van der Waals surface area contributed by atoms with E-state index in [1.807, 2.05) is 0 Å². The lowest BCUT2D eigenvalue weighted by atomic mass is 10.2. The first-order valence-corrected chi connectivity index (χ1v) is 3.68. The second kappa shape index (κ2) is 2.65. The number of benzene rings is 1. The Morgan fingerprint density at radius 2 is 1.77 bits per heavy atom. The Labute approximate surface area is 73.0 Å². The van der Waals surface area contributed by atoms with Gasteiger partial charge in [0.1, 0.15) is 17.2 Å². The number of halogens is 2. The van der Waals surface area contributed by atoms with Crippen molar-refractivity contribution in [1.29, 1.82) is 0 Å². The highest BCUT2D eigenvalue weighted by Gasteiger charge is 2.08. The van der Waals surface area contributed by atoms with Crippen LogP contribution in [0.25, 0.3) is 10.9 Å². The van der Waals surface area contributed by atoms with Gasteiger partial charge in [-0.1, -0.05) is 0 Å². The standard InChI is InChI=1S/C9H6F2N2/c10-5-1-2-6(11)9-8(5)7(12)3-4-13-9/h1-4H,(H2,12,13). The number of nitrogens with two attached hydrogens (primary N) is 1. The van der Waals surface area contributed by atoms with Gasteiger partial charge in [0.05, 0.1) is 5.39 Å². The third kappa shape index (κ3) is 1.11. The summed E-state index contributed by atoms with van der Waals surface area (Å²) in [7, 11) is 0. The first kappa shape index (κ1) is 7.91. The first-order valence-electron chi connectivity index (χ1n) is 3.68. The summed E-state index contributed by atoms with van der Waals surface area (Å²) in [5.41, 5.74) is 5.65. The van der Waals surface area contributed by atoms with Crippen molar-refractivity contribution in [2.24, 2.45) is 0 Å². The molecule has 0 saturated carbocycles. The second-order valence-corrected chi connectivity index (χ2v) is 2.65. The number of aromatic nitrogens is 1. The van der Waals surface area contributed by atoms with Crippen LogP contribution in [0.3, 0.4) is 0 Å². The maximum Gasteiger partial charge on any atom is 0.149 e. The minimum absolute atomic E-state index is 0.0278. The molecular weight excluding hydrogens is 174 g/mol. The second-order valence-electron chi connectivity index (χ2n) is 2.65. The molecule has 2 aromatic rings. The highest BCUT2D eigenvalue weighted by atomic mass is 19.1. The van der Waals surface area contributed by atoms with E-state index in [0.29, 0.717) is 0 Å². The molecule has 0 unspecified atom stereocenters. The Morgan fingerprint density at radius 1 is 1.08 bits per heavy atom. The van der Waals surface area contributed by atoms with E-state index in [0.717, 1.165) is 12.1 Å². The van der Waals surface area contributed by atoms with Gasteiger partial charge in [0, 0.05) is 11.9 Å². The maximum atomic E-state index is 13.1. The third-order valence-electron chi connectivity index (χ3n) is 1.82. The van der Waals surface area contributed by atoms with Gasteiger partial charge in [-0.15, -0.1) is 0 Å². The highest BCUT2D eigenvalue weighted by molar-refractivity contribution is 5.90. The molecular formula is C9H6F2N2. The summed E-state index contributed by atoms with van der Waals surface area (Å²) in [4.78, 5) is 3.71. The Morgan fingerprint density at radius 3 is 2.46 bits per heavy atom. The predicted octanol–water partition coefficient (Wildman–Crippen LogP) is 2.10. The molecule has 0 aliphatic rings. The molecule has 1 aromatic carbocycles. The van der Waals surface area contributed by atoms with Crippen LogP contribution in [-0.2, 0) is 0 Å². The fraction of sp³-hybridized carbons (Fsp3) is 0. The summed E-state index contributed by atoms with van der Waals surface area (Å²) in [6.07, 6.45) is 1.35. The van der Waals surface area contributed by atoms with Gasteiger partial charge < -0.3 is 5.73 Å². The van der Waals surface area contributed by atoms with Gasteiger partial charge in [0.25, 0.3) is 0 Å². The molecule has 66 valence electrons. The summed E-state index contributed by atoms with van der Waals surface area (Å²) < 4.78 is 26.2. The smallest absolute Gasteiger partial charge is 0.149 e. The van der Waals surface area contributed by atoms with Crippen LogP contribution in [0.15, 0.2) is 24.4 Å². The number of hydrogen-bond donors (Lipinski definition) is 1. The zero-order valence-corrected chi connectivity index (χ0v) is 6.59. The van der Waals surface area contributed by atoms with Crippen LogP contribution in [0.2, 0.25) is 0 Å².